The van der Waals surface area contributed by atoms with E-state index in [1.807, 2.05) is 17.0 Å². The van der Waals surface area contributed by atoms with Crippen LogP contribution in [-0.4, -0.2) is 70.9 Å². The van der Waals surface area contributed by atoms with E-state index in [0.29, 0.717) is 0 Å². The number of nitrogens with zero attached hydrogens (tertiary/aromatic N) is 3. The summed E-state index contributed by atoms with van der Waals surface area (Å²) in [5, 5.41) is 1.21. The first-order valence-corrected chi connectivity index (χ1v) is 11.1. The van der Waals surface area contributed by atoms with Crippen LogP contribution in [0.15, 0.2) is 24.4 Å². The van der Waals surface area contributed by atoms with E-state index in [9.17, 15) is 4.79 Å². The molecular formula is C23H32N4O. The molecule has 0 bridgehead atoms. The number of aromatic amines is 1. The van der Waals surface area contributed by atoms with Crippen molar-refractivity contribution in [1.29, 1.82) is 0 Å². The maximum Gasteiger partial charge on any atom is 0.255 e. The second kappa shape index (κ2) is 7.88. The van der Waals surface area contributed by atoms with Crippen LogP contribution in [0.3, 0.4) is 0 Å². The summed E-state index contributed by atoms with van der Waals surface area (Å²) in [6.07, 6.45) is 9.84. The fourth-order valence-electron chi connectivity index (χ4n) is 5.07. The van der Waals surface area contributed by atoms with Crippen LogP contribution >= 0.6 is 0 Å². The van der Waals surface area contributed by atoms with Crippen LogP contribution in [0.5, 0.6) is 0 Å². The van der Waals surface area contributed by atoms with E-state index in [-0.39, 0.29) is 5.91 Å². The molecule has 0 unspecified atom stereocenters. The fraction of sp³-hybridized carbons (Fsp3) is 0.609. The van der Waals surface area contributed by atoms with Crippen LogP contribution in [0.1, 0.15) is 54.4 Å². The van der Waals surface area contributed by atoms with Crippen molar-refractivity contribution in [3.05, 3.63) is 35.5 Å². The van der Waals surface area contributed by atoms with Crippen molar-refractivity contribution in [1.82, 2.24) is 19.7 Å². The van der Waals surface area contributed by atoms with Gasteiger partial charge in [0.1, 0.15) is 0 Å². The second-order valence-electron chi connectivity index (χ2n) is 8.79. The standard InChI is InChI=1S/C23H32N4O/c28-23(27-10-2-1-3-11-27)21-9-5-8-20-18(16-24-22(20)21)17-25-12-14-26(15-13-25)19-6-4-7-19/h5,8-9,16,19,24H,1-4,6-7,10-15,17H2. The Balaban J connectivity index is 1.29. The molecule has 1 saturated carbocycles. The van der Waals surface area contributed by atoms with Gasteiger partial charge in [0.2, 0.25) is 0 Å². The number of aromatic nitrogens is 1. The summed E-state index contributed by atoms with van der Waals surface area (Å²) >= 11 is 0. The highest BCUT2D eigenvalue weighted by molar-refractivity contribution is 6.06. The predicted molar refractivity (Wildman–Crippen MR) is 113 cm³/mol. The quantitative estimate of drug-likeness (QED) is 0.883. The third kappa shape index (κ3) is 3.46. The molecule has 0 atom stereocenters. The number of nitrogens with one attached hydrogen (secondary N) is 1. The van der Waals surface area contributed by atoms with E-state index in [2.05, 4.69) is 27.0 Å². The fourth-order valence-corrected chi connectivity index (χ4v) is 5.07. The zero-order valence-corrected chi connectivity index (χ0v) is 16.8. The third-order valence-corrected chi connectivity index (χ3v) is 7.07. The molecular weight excluding hydrogens is 348 g/mol. The molecule has 5 nitrogen and oxygen atoms in total. The summed E-state index contributed by atoms with van der Waals surface area (Å²) in [6, 6.07) is 7.06. The lowest BCUT2D eigenvalue weighted by Crippen LogP contribution is -2.51. The molecule has 28 heavy (non-hydrogen) atoms. The first-order valence-electron chi connectivity index (χ1n) is 11.1. The lowest BCUT2D eigenvalue weighted by Gasteiger charge is -2.43. The number of fused-ring (bicyclic) bond motifs is 1. The normalized spacial score (nSPS) is 22.5. The van der Waals surface area contributed by atoms with Crippen molar-refractivity contribution < 1.29 is 4.79 Å². The minimum absolute atomic E-state index is 0.188. The van der Waals surface area contributed by atoms with Gasteiger partial charge in [-0.3, -0.25) is 14.6 Å². The Morgan fingerprint density at radius 3 is 2.46 bits per heavy atom. The van der Waals surface area contributed by atoms with Gasteiger partial charge < -0.3 is 9.88 Å². The summed E-state index contributed by atoms with van der Waals surface area (Å²) in [6.45, 7) is 7.46. The van der Waals surface area contributed by atoms with Gasteiger partial charge in [-0.05, 0) is 43.7 Å². The topological polar surface area (TPSA) is 42.6 Å². The number of likely N-dealkylation sites (tertiary alicyclic amines) is 1. The van der Waals surface area contributed by atoms with E-state index < -0.39 is 0 Å². The van der Waals surface area contributed by atoms with Gasteiger partial charge in [-0.1, -0.05) is 18.6 Å². The second-order valence-corrected chi connectivity index (χ2v) is 8.79. The van der Waals surface area contributed by atoms with E-state index >= 15 is 0 Å². The van der Waals surface area contributed by atoms with E-state index in [0.717, 1.165) is 62.7 Å². The van der Waals surface area contributed by atoms with Crippen molar-refractivity contribution in [2.75, 3.05) is 39.3 Å². The van der Waals surface area contributed by atoms with Crippen molar-refractivity contribution in [2.45, 2.75) is 51.1 Å². The number of hydrogen-bond acceptors (Lipinski definition) is 3. The van der Waals surface area contributed by atoms with Gasteiger partial charge in [0.25, 0.3) is 5.91 Å². The Morgan fingerprint density at radius 2 is 1.75 bits per heavy atom. The maximum atomic E-state index is 13.0. The molecule has 2 aromatic rings. The molecule has 1 aromatic carbocycles. The Labute approximate surface area is 167 Å². The number of carbonyl (C=O) groups is 1. The third-order valence-electron chi connectivity index (χ3n) is 7.07. The minimum atomic E-state index is 0.188. The van der Waals surface area contributed by atoms with Gasteiger partial charge in [-0.15, -0.1) is 0 Å². The lowest BCUT2D eigenvalue weighted by molar-refractivity contribution is 0.0589. The Hall–Kier alpha value is -1.85. The number of carbonyl (C=O) groups excluding carboxylic acids is 1. The van der Waals surface area contributed by atoms with Crippen LogP contribution in [0.4, 0.5) is 0 Å². The molecule has 0 spiro atoms. The molecule has 150 valence electrons. The van der Waals surface area contributed by atoms with Gasteiger partial charge >= 0.3 is 0 Å². The molecule has 3 aliphatic rings. The summed E-state index contributed by atoms with van der Waals surface area (Å²) in [7, 11) is 0. The molecule has 3 heterocycles. The van der Waals surface area contributed by atoms with Gasteiger partial charge in [0.15, 0.2) is 0 Å². The van der Waals surface area contributed by atoms with E-state index in [1.54, 1.807) is 0 Å². The highest BCUT2D eigenvalue weighted by Crippen LogP contribution is 2.27. The SMILES string of the molecule is O=C(c1cccc2c(CN3CCN(C4CCC4)CC3)c[nH]c12)N1CCCCC1. The summed E-state index contributed by atoms with van der Waals surface area (Å²) in [5.74, 6) is 0.188. The smallest absolute Gasteiger partial charge is 0.255 e. The molecule has 1 N–H and O–H groups in total. The highest BCUT2D eigenvalue weighted by Gasteiger charge is 2.28. The van der Waals surface area contributed by atoms with E-state index in [4.69, 9.17) is 0 Å². The largest absolute Gasteiger partial charge is 0.360 e. The maximum absolute atomic E-state index is 13.0. The molecule has 0 radical (unpaired) electrons. The Bertz CT molecular complexity index is 826. The number of para-hydroxylation sites is 1. The average molecular weight is 381 g/mol. The van der Waals surface area contributed by atoms with Gasteiger partial charge in [0.05, 0.1) is 11.1 Å². The first-order chi connectivity index (χ1) is 13.8. The number of amides is 1. The summed E-state index contributed by atoms with van der Waals surface area (Å²) in [4.78, 5) is 23.7. The predicted octanol–water partition coefficient (Wildman–Crippen LogP) is 3.46. The molecule has 1 aliphatic carbocycles. The van der Waals surface area contributed by atoms with Crippen molar-refractivity contribution >= 4 is 16.8 Å². The summed E-state index contributed by atoms with van der Waals surface area (Å²) < 4.78 is 0. The highest BCUT2D eigenvalue weighted by atomic mass is 16.2. The number of H-pyrrole nitrogens is 1. The number of rotatable bonds is 4. The zero-order chi connectivity index (χ0) is 18.9. The van der Waals surface area contributed by atoms with Gasteiger partial charge in [-0.2, -0.15) is 0 Å². The molecule has 3 fully saturated rings. The van der Waals surface area contributed by atoms with Crippen molar-refractivity contribution in [3.63, 3.8) is 0 Å². The number of benzene rings is 1. The summed E-state index contributed by atoms with van der Waals surface area (Å²) in [5.41, 5.74) is 3.17. The van der Waals surface area contributed by atoms with Crippen molar-refractivity contribution in [2.24, 2.45) is 0 Å². The molecule has 1 amide bonds. The van der Waals surface area contributed by atoms with Crippen LogP contribution in [0.2, 0.25) is 0 Å². The zero-order valence-electron chi connectivity index (χ0n) is 16.8. The lowest BCUT2D eigenvalue weighted by atomic mass is 9.91. The molecule has 2 aliphatic heterocycles. The van der Waals surface area contributed by atoms with Crippen LogP contribution in [-0.2, 0) is 6.54 Å². The number of piperazine rings is 1. The Morgan fingerprint density at radius 1 is 0.964 bits per heavy atom. The molecule has 2 saturated heterocycles. The monoisotopic (exact) mass is 380 g/mol. The van der Waals surface area contributed by atoms with Crippen LogP contribution < -0.4 is 0 Å². The van der Waals surface area contributed by atoms with E-state index in [1.165, 1.54) is 49.7 Å². The van der Waals surface area contributed by atoms with Crippen molar-refractivity contribution in [3.8, 4) is 0 Å². The number of hydrogen-bond donors (Lipinski definition) is 1. The average Bonchev–Trinajstić information content (AvgIpc) is 3.11. The van der Waals surface area contributed by atoms with Gasteiger partial charge in [0, 0.05) is 63.4 Å². The first kappa shape index (κ1) is 18.2. The minimum Gasteiger partial charge on any atom is -0.360 e. The van der Waals surface area contributed by atoms with Crippen LogP contribution in [0, 0.1) is 0 Å². The molecule has 1 aromatic heterocycles. The molecule has 5 rings (SSSR count). The van der Waals surface area contributed by atoms with Crippen LogP contribution in [0.25, 0.3) is 10.9 Å². The Kier molecular flexibility index (Phi) is 5.12. The molecule has 5 heteroatoms. The number of piperidine rings is 1. The van der Waals surface area contributed by atoms with Gasteiger partial charge in [-0.25, -0.2) is 0 Å².